The van der Waals surface area contributed by atoms with E-state index < -0.39 is 0 Å². The first-order valence-corrected chi connectivity index (χ1v) is 6.60. The predicted octanol–water partition coefficient (Wildman–Crippen LogP) is 2.64. The molecule has 0 amide bonds. The molecule has 0 spiro atoms. The van der Waals surface area contributed by atoms with Gasteiger partial charge in [0, 0.05) is 11.1 Å². The predicted molar refractivity (Wildman–Crippen MR) is 73.0 cm³/mol. The Morgan fingerprint density at radius 3 is 3.05 bits per heavy atom. The summed E-state index contributed by atoms with van der Waals surface area (Å²) in [6.07, 6.45) is 3.29. The Hall–Kier alpha value is -1.95. The van der Waals surface area contributed by atoms with Crippen molar-refractivity contribution in [1.82, 2.24) is 4.98 Å². The van der Waals surface area contributed by atoms with E-state index in [0.717, 1.165) is 4.90 Å². The number of ether oxygens (including phenoxy) is 1. The Bertz CT molecular complexity index is 595. The number of thioether (sulfide) groups is 1. The van der Waals surface area contributed by atoms with Gasteiger partial charge in [-0.05, 0) is 19.1 Å². The van der Waals surface area contributed by atoms with Gasteiger partial charge in [-0.1, -0.05) is 0 Å². The Labute approximate surface area is 115 Å². The average Bonchev–Trinajstić information content (AvgIpc) is 2.78. The minimum atomic E-state index is -0.388. The van der Waals surface area contributed by atoms with Gasteiger partial charge < -0.3 is 14.9 Å². The molecule has 0 aliphatic heterocycles. The first-order valence-electron chi connectivity index (χ1n) is 5.61. The molecule has 0 aromatic carbocycles. The molecule has 0 bridgehead atoms. The molecule has 0 radical (unpaired) electrons. The van der Waals surface area contributed by atoms with Crippen LogP contribution < -0.4 is 5.73 Å². The van der Waals surface area contributed by atoms with Crippen LogP contribution in [-0.2, 0) is 10.5 Å². The molecule has 100 valence electrons. The van der Waals surface area contributed by atoms with Crippen molar-refractivity contribution in [2.75, 3.05) is 12.8 Å². The molecule has 2 aromatic heterocycles. The van der Waals surface area contributed by atoms with E-state index in [1.54, 1.807) is 25.4 Å². The maximum atomic E-state index is 11.5. The van der Waals surface area contributed by atoms with E-state index in [1.807, 2.05) is 6.07 Å². The highest BCUT2D eigenvalue weighted by Crippen LogP contribution is 2.28. The molecule has 0 unspecified atom stereocenters. The number of nitrogens with zero attached hydrogens (tertiary/aromatic N) is 1. The summed E-state index contributed by atoms with van der Waals surface area (Å²) in [4.78, 5) is 16.3. The smallest absolute Gasteiger partial charge is 0.341 e. The topological polar surface area (TPSA) is 78.3 Å². The van der Waals surface area contributed by atoms with Crippen LogP contribution in [0, 0.1) is 6.92 Å². The van der Waals surface area contributed by atoms with Gasteiger partial charge in [0.25, 0.3) is 0 Å². The number of anilines is 1. The van der Waals surface area contributed by atoms with Crippen LogP contribution in [0.1, 0.15) is 21.9 Å². The van der Waals surface area contributed by atoms with Crippen LogP contribution in [0.5, 0.6) is 0 Å². The normalized spacial score (nSPS) is 10.4. The third kappa shape index (κ3) is 3.08. The van der Waals surface area contributed by atoms with E-state index >= 15 is 0 Å². The van der Waals surface area contributed by atoms with E-state index in [2.05, 4.69) is 9.72 Å². The molecule has 5 nitrogen and oxygen atoms in total. The van der Waals surface area contributed by atoms with E-state index in [0.29, 0.717) is 28.5 Å². The second-order valence-corrected chi connectivity index (χ2v) is 4.89. The van der Waals surface area contributed by atoms with Gasteiger partial charge in [-0.2, -0.15) is 0 Å². The fraction of sp³-hybridized carbons (Fsp3) is 0.231. The first kappa shape index (κ1) is 13.5. The van der Waals surface area contributed by atoms with Crippen molar-refractivity contribution >= 4 is 23.4 Å². The summed E-state index contributed by atoms with van der Waals surface area (Å²) in [6, 6.07) is 3.54. The molecule has 2 N–H and O–H groups in total. The number of hydrogen-bond donors (Lipinski definition) is 1. The number of esters is 1. The number of carbonyl (C=O) groups excluding carboxylic acids is 1. The molecule has 19 heavy (non-hydrogen) atoms. The Kier molecular flexibility index (Phi) is 4.11. The largest absolute Gasteiger partial charge is 0.465 e. The summed E-state index contributed by atoms with van der Waals surface area (Å²) in [7, 11) is 1.35. The molecule has 6 heteroatoms. The maximum Gasteiger partial charge on any atom is 0.341 e. The Morgan fingerprint density at radius 2 is 2.37 bits per heavy atom. The van der Waals surface area contributed by atoms with Crippen molar-refractivity contribution in [3.63, 3.8) is 0 Å². The maximum absolute atomic E-state index is 11.5. The number of rotatable bonds is 4. The number of aryl methyl sites for hydroxylation is 1. The lowest BCUT2D eigenvalue weighted by Gasteiger charge is -2.02. The molecule has 0 saturated heterocycles. The third-order valence-corrected chi connectivity index (χ3v) is 3.67. The molecular formula is C13H14N2O3S. The van der Waals surface area contributed by atoms with Crippen LogP contribution in [-0.4, -0.2) is 18.1 Å². The van der Waals surface area contributed by atoms with Crippen LogP contribution >= 0.6 is 11.8 Å². The summed E-state index contributed by atoms with van der Waals surface area (Å²) in [5.41, 5.74) is 6.89. The van der Waals surface area contributed by atoms with Gasteiger partial charge in [-0.3, -0.25) is 4.98 Å². The molecule has 0 aliphatic carbocycles. The molecule has 2 rings (SSSR count). The minimum absolute atomic E-state index is 0.388. The first-order chi connectivity index (χ1) is 9.11. The number of hydrogen-bond acceptors (Lipinski definition) is 6. The minimum Gasteiger partial charge on any atom is -0.465 e. The summed E-state index contributed by atoms with van der Waals surface area (Å²) >= 11 is 1.53. The molecule has 0 fully saturated rings. The van der Waals surface area contributed by atoms with Gasteiger partial charge in [0.15, 0.2) is 0 Å². The summed E-state index contributed by atoms with van der Waals surface area (Å²) in [6.45, 7) is 1.74. The number of carbonyl (C=O) groups is 1. The third-order valence-electron chi connectivity index (χ3n) is 2.55. The molecule has 0 aliphatic rings. The molecule has 0 atom stereocenters. The van der Waals surface area contributed by atoms with E-state index in [-0.39, 0.29) is 5.97 Å². The number of nitrogens with two attached hydrogens (primary N) is 1. The number of aromatic nitrogens is 1. The summed E-state index contributed by atoms with van der Waals surface area (Å²) in [5, 5.41) is 0. The van der Waals surface area contributed by atoms with Crippen molar-refractivity contribution in [2.45, 2.75) is 17.6 Å². The Morgan fingerprint density at radius 1 is 1.58 bits per heavy atom. The van der Waals surface area contributed by atoms with Crippen LogP contribution in [0.25, 0.3) is 0 Å². The van der Waals surface area contributed by atoms with Gasteiger partial charge in [0.2, 0.25) is 0 Å². The highest BCUT2D eigenvalue weighted by atomic mass is 32.2. The fourth-order valence-corrected chi connectivity index (χ4v) is 2.42. The summed E-state index contributed by atoms with van der Waals surface area (Å²) in [5.74, 6) is 1.47. The number of pyridine rings is 1. The molecule has 0 saturated carbocycles. The molecular weight excluding hydrogens is 264 g/mol. The fourth-order valence-electron chi connectivity index (χ4n) is 1.60. The number of nitrogen functional groups attached to an aromatic ring is 1. The lowest BCUT2D eigenvalue weighted by molar-refractivity contribution is 0.0599. The average molecular weight is 278 g/mol. The highest BCUT2D eigenvalue weighted by Gasteiger charge is 2.15. The van der Waals surface area contributed by atoms with Crippen molar-refractivity contribution in [3.8, 4) is 0 Å². The van der Waals surface area contributed by atoms with Gasteiger partial charge >= 0.3 is 5.97 Å². The van der Waals surface area contributed by atoms with Crippen molar-refractivity contribution in [1.29, 1.82) is 0 Å². The monoisotopic (exact) mass is 278 g/mol. The van der Waals surface area contributed by atoms with Crippen LogP contribution in [0.15, 0.2) is 33.8 Å². The van der Waals surface area contributed by atoms with Gasteiger partial charge in [0.05, 0.1) is 24.7 Å². The quantitative estimate of drug-likeness (QED) is 0.684. The van der Waals surface area contributed by atoms with Gasteiger partial charge in [-0.15, -0.1) is 11.8 Å². The number of furan rings is 1. The lowest BCUT2D eigenvalue weighted by Crippen LogP contribution is -2.00. The van der Waals surface area contributed by atoms with Crippen LogP contribution in [0.3, 0.4) is 0 Å². The second-order valence-electron chi connectivity index (χ2n) is 3.88. The van der Waals surface area contributed by atoms with Gasteiger partial charge in [0.1, 0.15) is 17.1 Å². The lowest BCUT2D eigenvalue weighted by atomic mass is 10.2. The summed E-state index contributed by atoms with van der Waals surface area (Å²) < 4.78 is 10.2. The SMILES string of the molecule is COC(=O)c1cc(CSc2ccncc2N)oc1C. The Balaban J connectivity index is 2.09. The highest BCUT2D eigenvalue weighted by molar-refractivity contribution is 7.98. The molecule has 2 heterocycles. The zero-order chi connectivity index (χ0) is 13.8. The molecule has 2 aromatic rings. The van der Waals surface area contributed by atoms with Crippen molar-refractivity contribution in [3.05, 3.63) is 41.6 Å². The second kappa shape index (κ2) is 5.79. The number of methoxy groups -OCH3 is 1. The van der Waals surface area contributed by atoms with E-state index in [1.165, 1.54) is 18.9 Å². The van der Waals surface area contributed by atoms with Crippen LogP contribution in [0.2, 0.25) is 0 Å². The van der Waals surface area contributed by atoms with E-state index in [9.17, 15) is 4.79 Å². The zero-order valence-electron chi connectivity index (χ0n) is 10.7. The van der Waals surface area contributed by atoms with Crippen molar-refractivity contribution < 1.29 is 13.9 Å². The standard InChI is InChI=1S/C13H14N2O3S/c1-8-10(13(16)17-2)5-9(18-8)7-19-12-3-4-15-6-11(12)14/h3-6H,7,14H2,1-2H3. The van der Waals surface area contributed by atoms with Crippen molar-refractivity contribution in [2.24, 2.45) is 0 Å². The van der Waals surface area contributed by atoms with Gasteiger partial charge in [-0.25, -0.2) is 4.79 Å². The van der Waals surface area contributed by atoms with Crippen LogP contribution in [0.4, 0.5) is 5.69 Å². The zero-order valence-corrected chi connectivity index (χ0v) is 11.5. The van der Waals surface area contributed by atoms with E-state index in [4.69, 9.17) is 10.2 Å².